The number of rotatable bonds is 6. The minimum atomic E-state index is -3.81. The zero-order chi connectivity index (χ0) is 18.7. The van der Waals surface area contributed by atoms with Crippen molar-refractivity contribution in [1.82, 2.24) is 9.88 Å². The maximum Gasteiger partial charge on any atom is 0.238 e. The Morgan fingerprint density at radius 2 is 2.00 bits per heavy atom. The van der Waals surface area contributed by atoms with Gasteiger partial charge in [-0.2, -0.15) is 0 Å². The number of para-hydroxylation sites is 1. The Morgan fingerprint density at radius 1 is 1.23 bits per heavy atom. The summed E-state index contributed by atoms with van der Waals surface area (Å²) < 4.78 is 23.9. The molecule has 3 N–H and O–H groups in total. The molecule has 3 rings (SSSR count). The minimum Gasteiger partial charge on any atom is -0.325 e. The molecule has 1 heterocycles. The van der Waals surface area contributed by atoms with Crippen LogP contribution >= 0.6 is 11.3 Å². The quantitative estimate of drug-likeness (QED) is 0.670. The van der Waals surface area contributed by atoms with Gasteiger partial charge in [0.25, 0.3) is 0 Å². The Hall–Kier alpha value is -2.33. The number of benzene rings is 2. The van der Waals surface area contributed by atoms with Crippen molar-refractivity contribution in [2.24, 2.45) is 5.14 Å². The van der Waals surface area contributed by atoms with Crippen LogP contribution < -0.4 is 10.5 Å². The number of nitrogens with two attached hydrogens (primary N) is 1. The first kappa shape index (κ1) is 18.5. The average Bonchev–Trinajstić information content (AvgIpc) is 2.96. The number of hydrogen-bond donors (Lipinski definition) is 2. The van der Waals surface area contributed by atoms with Gasteiger partial charge in [0, 0.05) is 5.69 Å². The lowest BCUT2D eigenvalue weighted by Crippen LogP contribution is -2.29. The Bertz CT molecular complexity index is 1010. The van der Waals surface area contributed by atoms with E-state index in [9.17, 15) is 13.2 Å². The molecule has 1 aromatic heterocycles. The normalized spacial score (nSPS) is 11.8. The number of anilines is 1. The van der Waals surface area contributed by atoms with Crippen LogP contribution in [0.1, 0.15) is 5.01 Å². The average molecular weight is 390 g/mol. The number of thiazole rings is 1. The van der Waals surface area contributed by atoms with Gasteiger partial charge in [0.15, 0.2) is 0 Å². The monoisotopic (exact) mass is 390 g/mol. The number of nitrogens with one attached hydrogen (secondary N) is 1. The second-order valence-electron chi connectivity index (χ2n) is 5.87. The number of likely N-dealkylation sites (N-methyl/N-ethyl adjacent to an activating group) is 1. The van der Waals surface area contributed by atoms with E-state index in [4.69, 9.17) is 5.14 Å². The standard InChI is InChI=1S/C17H18N4O3S2/c1-21(11-17-20-14-7-2-3-8-15(14)25-17)10-16(22)19-12-5-4-6-13(9-12)26(18,23)24/h2-9H,10-11H2,1H3,(H,19,22)(H2,18,23,24). The van der Waals surface area contributed by atoms with Crippen molar-refractivity contribution in [3.05, 3.63) is 53.5 Å². The van der Waals surface area contributed by atoms with E-state index in [1.807, 2.05) is 36.2 Å². The van der Waals surface area contributed by atoms with Gasteiger partial charge in [0.05, 0.1) is 28.2 Å². The predicted octanol–water partition coefficient (Wildman–Crippen LogP) is 2.01. The number of carbonyl (C=O) groups excluding carboxylic acids is 1. The third-order valence-electron chi connectivity index (χ3n) is 3.60. The topological polar surface area (TPSA) is 105 Å². The highest BCUT2D eigenvalue weighted by atomic mass is 32.2. The summed E-state index contributed by atoms with van der Waals surface area (Å²) in [4.78, 5) is 18.5. The highest BCUT2D eigenvalue weighted by molar-refractivity contribution is 7.89. The van der Waals surface area contributed by atoms with Crippen LogP contribution in [0.2, 0.25) is 0 Å². The third-order valence-corrected chi connectivity index (χ3v) is 5.54. The Balaban J connectivity index is 1.61. The van der Waals surface area contributed by atoms with E-state index in [1.54, 1.807) is 17.4 Å². The first-order valence-corrected chi connectivity index (χ1v) is 10.1. The van der Waals surface area contributed by atoms with E-state index >= 15 is 0 Å². The molecule has 0 bridgehead atoms. The van der Waals surface area contributed by atoms with Crippen LogP contribution in [-0.4, -0.2) is 37.8 Å². The number of carbonyl (C=O) groups is 1. The van der Waals surface area contributed by atoms with E-state index in [1.165, 1.54) is 18.2 Å². The van der Waals surface area contributed by atoms with Gasteiger partial charge in [-0.3, -0.25) is 9.69 Å². The van der Waals surface area contributed by atoms with Crippen LogP contribution in [0.25, 0.3) is 10.2 Å². The van der Waals surface area contributed by atoms with Crippen LogP contribution in [0.5, 0.6) is 0 Å². The smallest absolute Gasteiger partial charge is 0.238 e. The van der Waals surface area contributed by atoms with Crippen LogP contribution in [0.4, 0.5) is 5.69 Å². The molecule has 0 fully saturated rings. The number of fused-ring (bicyclic) bond motifs is 1. The molecule has 0 spiro atoms. The zero-order valence-electron chi connectivity index (χ0n) is 14.0. The molecule has 0 unspecified atom stereocenters. The van der Waals surface area contributed by atoms with Crippen molar-refractivity contribution >= 4 is 43.2 Å². The Kier molecular flexibility index (Phi) is 5.33. The molecule has 0 saturated carbocycles. The molecule has 0 aliphatic heterocycles. The van der Waals surface area contributed by atoms with Crippen molar-refractivity contribution in [1.29, 1.82) is 0 Å². The van der Waals surface area contributed by atoms with Crippen LogP contribution in [0.15, 0.2) is 53.4 Å². The van der Waals surface area contributed by atoms with E-state index in [0.717, 1.165) is 15.2 Å². The molecule has 26 heavy (non-hydrogen) atoms. The van der Waals surface area contributed by atoms with Gasteiger partial charge in [-0.1, -0.05) is 18.2 Å². The van der Waals surface area contributed by atoms with E-state index < -0.39 is 10.0 Å². The molecule has 0 atom stereocenters. The van der Waals surface area contributed by atoms with Gasteiger partial charge in [-0.25, -0.2) is 18.5 Å². The van der Waals surface area contributed by atoms with E-state index in [2.05, 4.69) is 10.3 Å². The first-order chi connectivity index (χ1) is 12.3. The highest BCUT2D eigenvalue weighted by Crippen LogP contribution is 2.22. The summed E-state index contributed by atoms with van der Waals surface area (Å²) >= 11 is 1.60. The lowest BCUT2D eigenvalue weighted by Gasteiger charge is -2.15. The molecule has 0 aliphatic carbocycles. The number of sulfonamides is 1. The Morgan fingerprint density at radius 3 is 2.73 bits per heavy atom. The van der Waals surface area contributed by atoms with Crippen LogP contribution in [0, 0.1) is 0 Å². The molecular weight excluding hydrogens is 372 g/mol. The fourth-order valence-electron chi connectivity index (χ4n) is 2.47. The lowest BCUT2D eigenvalue weighted by molar-refractivity contribution is -0.117. The molecule has 1 amide bonds. The number of hydrogen-bond acceptors (Lipinski definition) is 6. The van der Waals surface area contributed by atoms with Crippen molar-refractivity contribution in [3.63, 3.8) is 0 Å². The van der Waals surface area contributed by atoms with Gasteiger partial charge in [-0.15, -0.1) is 11.3 Å². The highest BCUT2D eigenvalue weighted by Gasteiger charge is 2.12. The van der Waals surface area contributed by atoms with Crippen molar-refractivity contribution in [2.75, 3.05) is 18.9 Å². The Labute approximate surface area is 155 Å². The lowest BCUT2D eigenvalue weighted by atomic mass is 10.3. The fourth-order valence-corrected chi connectivity index (χ4v) is 4.08. The van der Waals surface area contributed by atoms with Crippen LogP contribution in [0.3, 0.4) is 0 Å². The number of primary sulfonamides is 1. The fraction of sp³-hybridized carbons (Fsp3) is 0.176. The minimum absolute atomic E-state index is 0.0434. The SMILES string of the molecule is CN(CC(=O)Nc1cccc(S(N)(=O)=O)c1)Cc1nc2ccccc2s1. The summed E-state index contributed by atoms with van der Waals surface area (Å²) in [5.41, 5.74) is 1.33. The zero-order valence-corrected chi connectivity index (χ0v) is 15.7. The molecular formula is C17H18N4O3S2. The van der Waals surface area contributed by atoms with Gasteiger partial charge in [-0.05, 0) is 37.4 Å². The van der Waals surface area contributed by atoms with Crippen molar-refractivity contribution < 1.29 is 13.2 Å². The maximum absolute atomic E-state index is 12.2. The van der Waals surface area contributed by atoms with Gasteiger partial charge >= 0.3 is 0 Å². The largest absolute Gasteiger partial charge is 0.325 e. The molecule has 7 nitrogen and oxygen atoms in total. The summed E-state index contributed by atoms with van der Waals surface area (Å²) in [6, 6.07) is 13.7. The summed E-state index contributed by atoms with van der Waals surface area (Å²) in [5.74, 6) is -0.250. The summed E-state index contributed by atoms with van der Waals surface area (Å²) in [7, 11) is -1.98. The second kappa shape index (κ2) is 7.50. The number of aromatic nitrogens is 1. The molecule has 0 saturated heterocycles. The second-order valence-corrected chi connectivity index (χ2v) is 8.55. The van der Waals surface area contributed by atoms with Crippen molar-refractivity contribution in [2.45, 2.75) is 11.4 Å². The molecule has 0 aliphatic rings. The van der Waals surface area contributed by atoms with Gasteiger partial charge in [0.2, 0.25) is 15.9 Å². The molecule has 9 heteroatoms. The van der Waals surface area contributed by atoms with Crippen molar-refractivity contribution in [3.8, 4) is 0 Å². The van der Waals surface area contributed by atoms with E-state index in [0.29, 0.717) is 12.2 Å². The molecule has 0 radical (unpaired) electrons. The maximum atomic E-state index is 12.2. The van der Waals surface area contributed by atoms with Gasteiger partial charge in [0.1, 0.15) is 5.01 Å². The number of amides is 1. The summed E-state index contributed by atoms with van der Waals surface area (Å²) in [6.45, 7) is 0.694. The summed E-state index contributed by atoms with van der Waals surface area (Å²) in [6.07, 6.45) is 0. The van der Waals surface area contributed by atoms with E-state index in [-0.39, 0.29) is 17.3 Å². The third kappa shape index (κ3) is 4.64. The molecule has 136 valence electrons. The molecule has 2 aromatic carbocycles. The molecule has 3 aromatic rings. The van der Waals surface area contributed by atoms with Crippen LogP contribution in [-0.2, 0) is 21.4 Å². The predicted molar refractivity (Wildman–Crippen MR) is 102 cm³/mol. The first-order valence-electron chi connectivity index (χ1n) is 7.77. The van der Waals surface area contributed by atoms with Gasteiger partial charge < -0.3 is 5.32 Å². The summed E-state index contributed by atoms with van der Waals surface area (Å²) in [5, 5.41) is 8.71. The number of nitrogens with zero attached hydrogens (tertiary/aromatic N) is 2.